The number of hydrogen-bond acceptors (Lipinski definition) is 3. The Morgan fingerprint density at radius 1 is 1.67 bits per heavy atom. The molecule has 1 aromatic rings. The molecule has 0 bridgehead atoms. The highest BCUT2D eigenvalue weighted by molar-refractivity contribution is 7.77. The molecule has 0 aliphatic carbocycles. The summed E-state index contributed by atoms with van der Waals surface area (Å²) < 4.78 is 18.4. The predicted molar refractivity (Wildman–Crippen MR) is 45.0 cm³/mol. The number of rotatable bonds is 4. The highest BCUT2D eigenvalue weighted by atomic mass is 32.2. The van der Waals surface area contributed by atoms with E-state index in [0.717, 1.165) is 5.56 Å². The van der Waals surface area contributed by atoms with Gasteiger partial charge in [0.1, 0.15) is 0 Å². The van der Waals surface area contributed by atoms with Gasteiger partial charge in [-0.05, 0) is 11.6 Å². The quantitative estimate of drug-likeness (QED) is 0.451. The van der Waals surface area contributed by atoms with E-state index in [9.17, 15) is 4.21 Å². The van der Waals surface area contributed by atoms with Crippen LogP contribution in [-0.4, -0.2) is 13.7 Å². The van der Waals surface area contributed by atoms with E-state index in [1.165, 1.54) is 0 Å². The van der Waals surface area contributed by atoms with Gasteiger partial charge in [-0.15, -0.1) is 0 Å². The second kappa shape index (κ2) is 4.94. The van der Waals surface area contributed by atoms with Crippen LogP contribution in [0, 0.1) is 0 Å². The zero-order chi connectivity index (χ0) is 8.81. The molecule has 3 N–H and O–H groups in total. The molecule has 1 atom stereocenters. The highest BCUT2D eigenvalue weighted by Gasteiger charge is 1.91. The van der Waals surface area contributed by atoms with Gasteiger partial charge in [0.25, 0.3) is 0 Å². The molecule has 0 aromatic carbocycles. The number of nitrogens with one attached hydrogen (secondary N) is 2. The van der Waals surface area contributed by atoms with Gasteiger partial charge in [0.15, 0.2) is 0 Å². The highest BCUT2D eigenvalue weighted by Crippen LogP contribution is 1.92. The van der Waals surface area contributed by atoms with Crippen molar-refractivity contribution in [3.05, 3.63) is 30.1 Å². The summed E-state index contributed by atoms with van der Waals surface area (Å²) in [5.74, 6) is 0. The van der Waals surface area contributed by atoms with Gasteiger partial charge in [0.2, 0.25) is 11.3 Å². The average Bonchev–Trinajstić information content (AvgIpc) is 2.05. The van der Waals surface area contributed by atoms with Gasteiger partial charge in [0, 0.05) is 18.9 Å². The number of pyridine rings is 1. The number of aromatic nitrogens is 1. The Morgan fingerprint density at radius 3 is 3.08 bits per heavy atom. The van der Waals surface area contributed by atoms with Crippen LogP contribution in [0.1, 0.15) is 5.56 Å². The van der Waals surface area contributed by atoms with Crippen molar-refractivity contribution in [2.75, 3.05) is 0 Å². The molecule has 0 aliphatic rings. The molecule has 0 spiro atoms. The lowest BCUT2D eigenvalue weighted by atomic mass is 10.3. The minimum absolute atomic E-state index is 0.458. The van der Waals surface area contributed by atoms with Crippen LogP contribution in [0.3, 0.4) is 0 Å². The first-order chi connectivity index (χ1) is 5.79. The van der Waals surface area contributed by atoms with E-state index >= 15 is 0 Å². The molecule has 1 rings (SSSR count). The SMILES string of the molecule is O=S(O)NNCc1cccnc1. The first kappa shape index (κ1) is 9.27. The molecule has 12 heavy (non-hydrogen) atoms. The molecular formula is C6H9N3O2S. The van der Waals surface area contributed by atoms with Crippen molar-refractivity contribution < 1.29 is 8.76 Å². The molecule has 5 nitrogen and oxygen atoms in total. The van der Waals surface area contributed by atoms with Crippen molar-refractivity contribution >= 4 is 11.3 Å². The third kappa shape index (κ3) is 3.54. The van der Waals surface area contributed by atoms with Crippen LogP contribution in [0.2, 0.25) is 0 Å². The van der Waals surface area contributed by atoms with Crippen LogP contribution < -0.4 is 10.3 Å². The maximum atomic E-state index is 10.1. The zero-order valence-corrected chi connectivity index (χ0v) is 7.04. The molecule has 0 aliphatic heterocycles. The first-order valence-corrected chi connectivity index (χ1v) is 4.38. The van der Waals surface area contributed by atoms with Gasteiger partial charge in [-0.3, -0.25) is 9.54 Å². The van der Waals surface area contributed by atoms with Gasteiger partial charge in [-0.2, -0.15) is 4.83 Å². The largest absolute Gasteiger partial charge is 0.293 e. The van der Waals surface area contributed by atoms with Crippen LogP contribution in [0.15, 0.2) is 24.5 Å². The Labute approximate surface area is 72.6 Å². The molecule has 1 heterocycles. The Kier molecular flexibility index (Phi) is 3.81. The molecule has 0 radical (unpaired) electrons. The molecular weight excluding hydrogens is 178 g/mol. The summed E-state index contributed by atoms with van der Waals surface area (Å²) in [7, 11) is 0. The van der Waals surface area contributed by atoms with Crippen LogP contribution in [0.25, 0.3) is 0 Å². The molecule has 1 aromatic heterocycles. The molecule has 6 heteroatoms. The van der Waals surface area contributed by atoms with Gasteiger partial charge in [-0.1, -0.05) is 6.07 Å². The third-order valence-electron chi connectivity index (χ3n) is 1.17. The summed E-state index contributed by atoms with van der Waals surface area (Å²) in [5, 5.41) is 0. The molecule has 66 valence electrons. The monoisotopic (exact) mass is 187 g/mol. The lowest BCUT2D eigenvalue weighted by Gasteiger charge is -2.01. The van der Waals surface area contributed by atoms with Gasteiger partial charge in [-0.25, -0.2) is 9.63 Å². The minimum atomic E-state index is -2.02. The summed E-state index contributed by atoms with van der Waals surface area (Å²) in [5.41, 5.74) is 3.50. The maximum absolute atomic E-state index is 10.1. The van der Waals surface area contributed by atoms with Crippen LogP contribution >= 0.6 is 0 Å². The van der Waals surface area contributed by atoms with Crippen molar-refractivity contribution in [1.82, 2.24) is 15.2 Å². The topological polar surface area (TPSA) is 74.2 Å². The second-order valence-electron chi connectivity index (χ2n) is 2.07. The van der Waals surface area contributed by atoms with Crippen molar-refractivity contribution in [2.45, 2.75) is 6.54 Å². The summed E-state index contributed by atoms with van der Waals surface area (Å²) in [6.07, 6.45) is 3.34. The van der Waals surface area contributed by atoms with Crippen LogP contribution in [0.5, 0.6) is 0 Å². The molecule has 0 fully saturated rings. The lowest BCUT2D eigenvalue weighted by molar-refractivity contribution is 0.525. The fourth-order valence-electron chi connectivity index (χ4n) is 0.703. The fourth-order valence-corrected chi connectivity index (χ4v) is 0.898. The second-order valence-corrected chi connectivity index (χ2v) is 2.77. The van der Waals surface area contributed by atoms with Gasteiger partial charge >= 0.3 is 0 Å². The number of hydrazine groups is 1. The molecule has 0 saturated carbocycles. The Hall–Kier alpha value is -0.820. The van der Waals surface area contributed by atoms with Crippen molar-refractivity contribution in [3.63, 3.8) is 0 Å². The van der Waals surface area contributed by atoms with E-state index in [0.29, 0.717) is 6.54 Å². The average molecular weight is 187 g/mol. The van der Waals surface area contributed by atoms with Crippen LogP contribution in [-0.2, 0) is 17.8 Å². The predicted octanol–water partition coefficient (Wildman–Crippen LogP) is -0.188. The lowest BCUT2D eigenvalue weighted by Crippen LogP contribution is -2.32. The van der Waals surface area contributed by atoms with Gasteiger partial charge in [0.05, 0.1) is 0 Å². The minimum Gasteiger partial charge on any atom is -0.293 e. The Bertz CT molecular complexity index is 254. The van der Waals surface area contributed by atoms with E-state index in [-0.39, 0.29) is 0 Å². The summed E-state index contributed by atoms with van der Waals surface area (Å²) >= 11 is -2.02. The zero-order valence-electron chi connectivity index (χ0n) is 6.23. The van der Waals surface area contributed by atoms with E-state index in [2.05, 4.69) is 15.2 Å². The van der Waals surface area contributed by atoms with E-state index in [4.69, 9.17) is 4.55 Å². The van der Waals surface area contributed by atoms with Crippen LogP contribution in [0.4, 0.5) is 0 Å². The Balaban J connectivity index is 2.29. The van der Waals surface area contributed by atoms with Crippen molar-refractivity contribution in [2.24, 2.45) is 0 Å². The summed E-state index contributed by atoms with van der Waals surface area (Å²) in [4.78, 5) is 6.02. The van der Waals surface area contributed by atoms with Crippen molar-refractivity contribution in [3.8, 4) is 0 Å². The normalized spacial score (nSPS) is 12.8. The summed E-state index contributed by atoms with van der Waals surface area (Å²) in [6.45, 7) is 0.458. The maximum Gasteiger partial charge on any atom is 0.245 e. The summed E-state index contributed by atoms with van der Waals surface area (Å²) in [6, 6.07) is 3.66. The third-order valence-corrected chi connectivity index (χ3v) is 1.49. The first-order valence-electron chi connectivity index (χ1n) is 3.27. The van der Waals surface area contributed by atoms with E-state index < -0.39 is 11.3 Å². The van der Waals surface area contributed by atoms with Crippen molar-refractivity contribution in [1.29, 1.82) is 0 Å². The molecule has 0 saturated heterocycles. The Morgan fingerprint density at radius 2 is 2.50 bits per heavy atom. The molecule has 1 unspecified atom stereocenters. The number of nitrogens with zero attached hydrogens (tertiary/aromatic N) is 1. The smallest absolute Gasteiger partial charge is 0.245 e. The van der Waals surface area contributed by atoms with E-state index in [1.807, 2.05) is 6.07 Å². The molecule has 0 amide bonds. The van der Waals surface area contributed by atoms with Gasteiger partial charge < -0.3 is 0 Å². The fraction of sp³-hybridized carbons (Fsp3) is 0.167. The number of hydrogen-bond donors (Lipinski definition) is 3. The van der Waals surface area contributed by atoms with E-state index in [1.54, 1.807) is 18.5 Å². The standard InChI is InChI=1S/C6H9N3O2S/c10-12(11)9-8-5-6-2-1-3-7-4-6/h1-4,8-9H,5H2,(H,10,11).